The van der Waals surface area contributed by atoms with E-state index in [1.54, 1.807) is 12.1 Å². The smallest absolute Gasteiger partial charge is 0.332 e. The first-order valence-corrected chi connectivity index (χ1v) is 13.6. The molecule has 3 aromatic rings. The van der Waals surface area contributed by atoms with Gasteiger partial charge in [0.25, 0.3) is 5.91 Å². The molecule has 0 aliphatic carbocycles. The molecule has 0 bridgehead atoms. The molecular weight excluding hydrogens is 551 g/mol. The number of carboxylic acids is 1. The van der Waals surface area contributed by atoms with Crippen LogP contribution in [0.15, 0.2) is 72.8 Å². The Bertz CT molecular complexity index is 1470. The van der Waals surface area contributed by atoms with E-state index in [-0.39, 0.29) is 41.7 Å². The van der Waals surface area contributed by atoms with Crippen LogP contribution in [-0.2, 0) is 16.1 Å². The minimum absolute atomic E-state index is 0.0770. The lowest BCUT2D eigenvalue weighted by molar-refractivity contribution is -0.137. The first-order valence-electron chi connectivity index (χ1n) is 12.8. The number of hydrogen-bond donors (Lipinski definition) is 1. The maximum absolute atomic E-state index is 14.6. The quantitative estimate of drug-likeness (QED) is 0.353. The molecule has 10 heteroatoms. The van der Waals surface area contributed by atoms with Crippen LogP contribution in [0, 0.1) is 11.3 Å². The van der Waals surface area contributed by atoms with Gasteiger partial charge < -0.3 is 10.0 Å². The second kappa shape index (κ2) is 11.3. The molecule has 40 heavy (non-hydrogen) atoms. The third kappa shape index (κ3) is 5.16. The number of carboxylic acid groups (broad SMARTS) is 1. The van der Waals surface area contributed by atoms with E-state index in [2.05, 4.69) is 11.0 Å². The average molecular weight is 577 g/mol. The summed E-state index contributed by atoms with van der Waals surface area (Å²) < 4.78 is 0. The van der Waals surface area contributed by atoms with E-state index < -0.39 is 29.4 Å². The summed E-state index contributed by atoms with van der Waals surface area (Å²) in [4.78, 5) is 44.7. The highest BCUT2D eigenvalue weighted by Crippen LogP contribution is 2.47. The van der Waals surface area contributed by atoms with Gasteiger partial charge in [-0.05, 0) is 47.9 Å². The number of carbonyl (C=O) groups excluding carboxylic acids is 2. The molecule has 2 aliphatic rings. The topological polar surface area (TPSA) is 105 Å². The van der Waals surface area contributed by atoms with E-state index >= 15 is 0 Å². The molecule has 2 saturated heterocycles. The van der Waals surface area contributed by atoms with Gasteiger partial charge >= 0.3 is 12.0 Å². The molecule has 0 unspecified atom stereocenters. The fourth-order valence-corrected chi connectivity index (χ4v) is 6.33. The van der Waals surface area contributed by atoms with Crippen LogP contribution < -0.4 is 4.90 Å². The number of likely N-dealkylation sites (tertiary alicyclic amines) is 1. The van der Waals surface area contributed by atoms with Gasteiger partial charge in [-0.3, -0.25) is 14.5 Å². The Labute approximate surface area is 241 Å². The van der Waals surface area contributed by atoms with Crippen molar-refractivity contribution >= 4 is 46.8 Å². The van der Waals surface area contributed by atoms with E-state index in [0.29, 0.717) is 18.7 Å². The number of nitrogens with zero attached hydrogens (tertiary/aromatic N) is 4. The Morgan fingerprint density at radius 3 is 2.33 bits per heavy atom. The minimum Gasteiger partial charge on any atom is -0.481 e. The van der Waals surface area contributed by atoms with Crippen LogP contribution in [0.4, 0.5) is 10.5 Å². The first kappa shape index (κ1) is 27.7. The van der Waals surface area contributed by atoms with Crippen molar-refractivity contribution in [2.24, 2.45) is 0 Å². The Balaban J connectivity index is 1.62. The highest BCUT2D eigenvalue weighted by Gasteiger charge is 2.65. The Morgan fingerprint density at radius 1 is 1.02 bits per heavy atom. The molecule has 0 saturated carbocycles. The van der Waals surface area contributed by atoms with Crippen LogP contribution in [-0.4, -0.2) is 58.0 Å². The Kier molecular flexibility index (Phi) is 7.81. The molecule has 2 aliphatic heterocycles. The Hall–Kier alpha value is -3.90. The van der Waals surface area contributed by atoms with E-state index in [0.717, 1.165) is 16.0 Å². The average Bonchev–Trinajstić information content (AvgIpc) is 3.39. The molecule has 8 nitrogen and oxygen atoms in total. The van der Waals surface area contributed by atoms with E-state index in [1.165, 1.54) is 23.1 Å². The second-order valence-corrected chi connectivity index (χ2v) is 10.9. The third-order valence-electron chi connectivity index (χ3n) is 7.53. The second-order valence-electron chi connectivity index (χ2n) is 10.1. The molecule has 0 aromatic heterocycles. The van der Waals surface area contributed by atoms with Gasteiger partial charge in [-0.1, -0.05) is 65.7 Å². The van der Waals surface area contributed by atoms with Gasteiger partial charge in [-0.15, -0.1) is 0 Å². The maximum atomic E-state index is 14.6. The molecular formula is C30H26Cl2N4O4. The summed E-state index contributed by atoms with van der Waals surface area (Å²) in [5.41, 5.74) is 1.30. The van der Waals surface area contributed by atoms with Crippen molar-refractivity contribution in [1.82, 2.24) is 9.80 Å². The molecule has 2 fully saturated rings. The van der Waals surface area contributed by atoms with Gasteiger partial charge in [0.2, 0.25) is 0 Å². The number of aliphatic carboxylic acids is 1. The lowest BCUT2D eigenvalue weighted by Crippen LogP contribution is -2.55. The van der Waals surface area contributed by atoms with E-state index in [1.807, 2.05) is 42.5 Å². The van der Waals surface area contributed by atoms with Crippen molar-refractivity contribution in [1.29, 1.82) is 5.26 Å². The van der Waals surface area contributed by atoms with Gasteiger partial charge in [0.15, 0.2) is 0 Å². The lowest BCUT2D eigenvalue weighted by Gasteiger charge is -2.36. The minimum atomic E-state index is -1.31. The number of hydrogen-bond acceptors (Lipinski definition) is 5. The number of amides is 3. The standard InChI is InChI=1S/C30H26Cl2N4O4/c31-23-13-24(32)15-25(14-23)36-28(39)30(35(29(36)40)12-4-7-27(37)38)19-34(17-21-5-2-1-3-6-21)18-26(30)22-10-8-20(16-33)9-11-22/h1-3,5-6,8-11,13-15,26H,4,7,12,17-19H2,(H,37,38)/t26-,30+/m0/s1. The predicted molar refractivity (Wildman–Crippen MR) is 151 cm³/mol. The normalized spacial score (nSPS) is 20.9. The zero-order valence-electron chi connectivity index (χ0n) is 21.5. The first-order chi connectivity index (χ1) is 19.2. The SMILES string of the molecule is N#Cc1ccc([C@@H]2CN(Cc3ccccc3)C[C@]23C(=O)N(c2cc(Cl)cc(Cl)c2)C(=O)N3CCCC(=O)O)cc1. The summed E-state index contributed by atoms with van der Waals surface area (Å²) in [7, 11) is 0. The predicted octanol–water partition coefficient (Wildman–Crippen LogP) is 5.54. The Morgan fingerprint density at radius 2 is 1.70 bits per heavy atom. The number of urea groups is 1. The van der Waals surface area contributed by atoms with E-state index in [9.17, 15) is 24.8 Å². The third-order valence-corrected chi connectivity index (χ3v) is 7.96. The van der Waals surface area contributed by atoms with Crippen LogP contribution in [0.2, 0.25) is 10.0 Å². The molecule has 204 valence electrons. The van der Waals surface area contributed by atoms with Crippen molar-refractivity contribution in [3.63, 3.8) is 0 Å². The summed E-state index contributed by atoms with van der Waals surface area (Å²) in [6.07, 6.45) is 0.0331. The zero-order chi connectivity index (χ0) is 28.4. The summed E-state index contributed by atoms with van der Waals surface area (Å²) in [5.74, 6) is -1.84. The molecule has 2 atom stereocenters. The highest BCUT2D eigenvalue weighted by molar-refractivity contribution is 6.35. The highest BCUT2D eigenvalue weighted by atomic mass is 35.5. The summed E-state index contributed by atoms with van der Waals surface area (Å²) in [6.45, 7) is 1.35. The number of halogens is 2. The number of nitriles is 1. The van der Waals surface area contributed by atoms with Gasteiger partial charge in [0.1, 0.15) is 5.54 Å². The molecule has 5 rings (SSSR count). The monoisotopic (exact) mass is 576 g/mol. The summed E-state index contributed by atoms with van der Waals surface area (Å²) in [5, 5.41) is 19.2. The molecule has 3 aromatic carbocycles. The number of anilines is 1. The molecule has 3 amide bonds. The van der Waals surface area contributed by atoms with E-state index in [4.69, 9.17) is 23.2 Å². The molecule has 1 spiro atoms. The van der Waals surface area contributed by atoms with Gasteiger partial charge in [0, 0.05) is 48.6 Å². The van der Waals surface area contributed by atoms with Crippen molar-refractivity contribution in [2.75, 3.05) is 24.5 Å². The summed E-state index contributed by atoms with van der Waals surface area (Å²) in [6, 6.07) is 23.0. The van der Waals surface area contributed by atoms with Gasteiger partial charge in [0.05, 0.1) is 17.3 Å². The maximum Gasteiger partial charge on any atom is 0.332 e. The number of carbonyl (C=O) groups is 3. The van der Waals surface area contributed by atoms with Crippen molar-refractivity contribution in [3.8, 4) is 6.07 Å². The molecule has 0 radical (unpaired) electrons. The van der Waals surface area contributed by atoms with Crippen LogP contribution in [0.5, 0.6) is 0 Å². The van der Waals surface area contributed by atoms with Crippen LogP contribution in [0.3, 0.4) is 0 Å². The van der Waals surface area contributed by atoms with Crippen molar-refractivity contribution in [3.05, 3.63) is 99.5 Å². The molecule has 2 heterocycles. The fourth-order valence-electron chi connectivity index (χ4n) is 5.82. The lowest BCUT2D eigenvalue weighted by atomic mass is 9.80. The van der Waals surface area contributed by atoms with Crippen molar-refractivity contribution in [2.45, 2.75) is 30.8 Å². The number of imide groups is 1. The van der Waals surface area contributed by atoms with Crippen LogP contribution in [0.25, 0.3) is 0 Å². The summed E-state index contributed by atoms with van der Waals surface area (Å²) >= 11 is 12.5. The zero-order valence-corrected chi connectivity index (χ0v) is 23.0. The number of rotatable bonds is 8. The van der Waals surface area contributed by atoms with Crippen molar-refractivity contribution < 1.29 is 19.5 Å². The van der Waals surface area contributed by atoms with Gasteiger partial charge in [-0.2, -0.15) is 5.26 Å². The largest absolute Gasteiger partial charge is 0.481 e. The number of benzene rings is 3. The fraction of sp³-hybridized carbons (Fsp3) is 0.267. The molecule has 1 N–H and O–H groups in total. The van der Waals surface area contributed by atoms with Gasteiger partial charge in [-0.25, -0.2) is 9.69 Å². The van der Waals surface area contributed by atoms with Crippen LogP contribution >= 0.6 is 23.2 Å². The van der Waals surface area contributed by atoms with Crippen LogP contribution in [0.1, 0.15) is 35.4 Å².